The Bertz CT molecular complexity index is 850. The van der Waals surface area contributed by atoms with E-state index in [2.05, 4.69) is 31.7 Å². The second kappa shape index (κ2) is 7.05. The SMILES string of the molecule is CCN=c1nc(NCC)nc2n1[C@](O)(Nc1cc(C)ccc1C)CS2. The van der Waals surface area contributed by atoms with Crippen LogP contribution in [0, 0.1) is 13.8 Å². The molecule has 3 rings (SSSR count). The maximum Gasteiger partial charge on any atom is 0.234 e. The molecule has 1 aromatic heterocycles. The Morgan fingerprint density at radius 2 is 2.12 bits per heavy atom. The summed E-state index contributed by atoms with van der Waals surface area (Å²) in [5.41, 5.74) is 3.55. The van der Waals surface area contributed by atoms with Gasteiger partial charge in [-0.3, -0.25) is 4.99 Å². The van der Waals surface area contributed by atoms with Crippen molar-refractivity contribution in [2.75, 3.05) is 29.5 Å². The average Bonchev–Trinajstić information content (AvgIpc) is 2.89. The van der Waals surface area contributed by atoms with Gasteiger partial charge >= 0.3 is 0 Å². The number of aryl methyl sites for hydroxylation is 2. The number of thioether (sulfide) groups is 1. The number of aromatic nitrogens is 3. The third-order valence-corrected chi connectivity index (χ3v) is 5.01. The smallest absolute Gasteiger partial charge is 0.234 e. The number of hydrogen-bond donors (Lipinski definition) is 3. The lowest BCUT2D eigenvalue weighted by molar-refractivity contribution is 0.00812. The molecule has 0 unspecified atom stereocenters. The van der Waals surface area contributed by atoms with Gasteiger partial charge in [-0.1, -0.05) is 23.9 Å². The third kappa shape index (κ3) is 3.50. The molecule has 2 aromatic rings. The normalized spacial score (nSPS) is 19.8. The van der Waals surface area contributed by atoms with Crippen molar-refractivity contribution >= 4 is 23.4 Å². The molecule has 0 saturated heterocycles. The van der Waals surface area contributed by atoms with Crippen LogP contribution in [0.3, 0.4) is 0 Å². The monoisotopic (exact) mass is 360 g/mol. The molecule has 0 saturated carbocycles. The minimum atomic E-state index is -1.32. The number of aliphatic hydroxyl groups is 1. The van der Waals surface area contributed by atoms with Crippen LogP contribution in [0.2, 0.25) is 0 Å². The summed E-state index contributed by atoms with van der Waals surface area (Å²) in [5.74, 6) is -0.363. The zero-order valence-corrected chi connectivity index (χ0v) is 15.8. The minimum absolute atomic E-state index is 0.427. The molecule has 1 aliphatic heterocycles. The van der Waals surface area contributed by atoms with Crippen LogP contribution in [0.5, 0.6) is 0 Å². The predicted octanol–water partition coefficient (Wildman–Crippen LogP) is 2.07. The summed E-state index contributed by atoms with van der Waals surface area (Å²) < 4.78 is 1.68. The number of nitrogens with one attached hydrogen (secondary N) is 2. The summed E-state index contributed by atoms with van der Waals surface area (Å²) >= 11 is 1.48. The van der Waals surface area contributed by atoms with Crippen LogP contribution < -0.4 is 16.3 Å². The quantitative estimate of drug-likeness (QED) is 0.708. The molecule has 25 heavy (non-hydrogen) atoms. The summed E-state index contributed by atoms with van der Waals surface area (Å²) in [6.07, 6.45) is 0. The Kier molecular flexibility index (Phi) is 5.01. The molecule has 8 heteroatoms. The Hall–Kier alpha value is -2.06. The summed E-state index contributed by atoms with van der Waals surface area (Å²) in [5, 5.41) is 18.4. The van der Waals surface area contributed by atoms with Crippen LogP contribution in [0.25, 0.3) is 0 Å². The number of anilines is 2. The fourth-order valence-corrected chi connectivity index (χ4v) is 3.75. The maximum absolute atomic E-state index is 11.3. The van der Waals surface area contributed by atoms with Gasteiger partial charge in [-0.2, -0.15) is 9.97 Å². The van der Waals surface area contributed by atoms with Crippen molar-refractivity contribution in [3.8, 4) is 0 Å². The topological polar surface area (TPSA) is 87.4 Å². The van der Waals surface area contributed by atoms with Gasteiger partial charge in [-0.15, -0.1) is 0 Å². The van der Waals surface area contributed by atoms with Crippen LogP contribution in [-0.2, 0) is 5.85 Å². The van der Waals surface area contributed by atoms with Gasteiger partial charge in [-0.05, 0) is 44.9 Å². The second-order valence-corrected chi connectivity index (χ2v) is 6.96. The summed E-state index contributed by atoms with van der Waals surface area (Å²) in [6, 6.07) is 6.12. The maximum atomic E-state index is 11.3. The van der Waals surface area contributed by atoms with Gasteiger partial charge in [0.1, 0.15) is 0 Å². The first kappa shape index (κ1) is 17.8. The predicted molar refractivity (Wildman–Crippen MR) is 101 cm³/mol. The van der Waals surface area contributed by atoms with E-state index >= 15 is 0 Å². The third-order valence-electron chi connectivity index (χ3n) is 3.93. The summed E-state index contributed by atoms with van der Waals surface area (Å²) in [6.45, 7) is 9.29. The molecule has 0 amide bonds. The average molecular weight is 360 g/mol. The van der Waals surface area contributed by atoms with E-state index in [0.717, 1.165) is 23.4 Å². The van der Waals surface area contributed by atoms with Crippen molar-refractivity contribution in [2.45, 2.75) is 38.7 Å². The van der Waals surface area contributed by atoms with E-state index < -0.39 is 5.85 Å². The molecule has 3 N–H and O–H groups in total. The van der Waals surface area contributed by atoms with Gasteiger partial charge in [0.15, 0.2) is 5.16 Å². The molecule has 1 aliphatic rings. The molecule has 1 atom stereocenters. The lowest BCUT2D eigenvalue weighted by Gasteiger charge is -2.28. The fraction of sp³-hybridized carbons (Fsp3) is 0.471. The van der Waals surface area contributed by atoms with Crippen LogP contribution >= 0.6 is 11.8 Å². The highest BCUT2D eigenvalue weighted by Crippen LogP contribution is 2.35. The van der Waals surface area contributed by atoms with Gasteiger partial charge in [0.05, 0.1) is 5.75 Å². The molecule has 0 radical (unpaired) electrons. The van der Waals surface area contributed by atoms with Crippen molar-refractivity contribution in [1.82, 2.24) is 14.5 Å². The highest BCUT2D eigenvalue weighted by Gasteiger charge is 2.39. The van der Waals surface area contributed by atoms with Crippen LogP contribution in [0.15, 0.2) is 28.3 Å². The van der Waals surface area contributed by atoms with Gasteiger partial charge in [0, 0.05) is 18.8 Å². The molecule has 1 aromatic carbocycles. The van der Waals surface area contributed by atoms with E-state index in [9.17, 15) is 5.11 Å². The largest absolute Gasteiger partial charge is 0.354 e. The molecule has 7 nitrogen and oxygen atoms in total. The molecule has 134 valence electrons. The standard InChI is InChI=1S/C17H24N6OS/c1-5-18-14-20-15(19-6-2)23-16(21-14)25-10-17(23,24)22-13-9-11(3)7-8-12(13)4/h7-9,22,24H,5-6,10H2,1-4H3,(H,18,19,20)/t17-/m1/s1. The number of hydrogen-bond acceptors (Lipinski definition) is 7. The first-order chi connectivity index (χ1) is 12.0. The molecule has 0 bridgehead atoms. The molecular weight excluding hydrogens is 336 g/mol. The van der Waals surface area contributed by atoms with Crippen molar-refractivity contribution in [1.29, 1.82) is 0 Å². The molecule has 0 spiro atoms. The van der Waals surface area contributed by atoms with E-state index in [-0.39, 0.29) is 0 Å². The van der Waals surface area contributed by atoms with E-state index in [1.165, 1.54) is 11.8 Å². The highest BCUT2D eigenvalue weighted by molar-refractivity contribution is 7.99. The molecular formula is C17H24N6OS. The van der Waals surface area contributed by atoms with E-state index in [0.29, 0.717) is 29.0 Å². The van der Waals surface area contributed by atoms with Gasteiger partial charge in [0.25, 0.3) is 0 Å². The Balaban J connectivity index is 2.08. The van der Waals surface area contributed by atoms with Crippen molar-refractivity contribution < 1.29 is 5.11 Å². The molecule has 0 fully saturated rings. The number of rotatable bonds is 5. The molecule has 2 heterocycles. The van der Waals surface area contributed by atoms with Crippen LogP contribution in [0.1, 0.15) is 25.0 Å². The summed E-state index contributed by atoms with van der Waals surface area (Å²) in [7, 11) is 0. The second-order valence-electron chi connectivity index (χ2n) is 6.02. The lowest BCUT2D eigenvalue weighted by atomic mass is 10.1. The van der Waals surface area contributed by atoms with Gasteiger partial charge in [0.2, 0.25) is 17.4 Å². The Labute approximate surface area is 151 Å². The van der Waals surface area contributed by atoms with Crippen LogP contribution in [-0.4, -0.2) is 38.5 Å². The fourth-order valence-electron chi connectivity index (χ4n) is 2.71. The van der Waals surface area contributed by atoms with Crippen molar-refractivity contribution in [2.24, 2.45) is 4.99 Å². The molecule has 0 aliphatic carbocycles. The Morgan fingerprint density at radius 1 is 1.32 bits per heavy atom. The first-order valence-electron chi connectivity index (χ1n) is 8.43. The van der Waals surface area contributed by atoms with E-state index in [4.69, 9.17) is 0 Å². The van der Waals surface area contributed by atoms with Gasteiger partial charge < -0.3 is 15.7 Å². The van der Waals surface area contributed by atoms with Gasteiger partial charge in [-0.25, -0.2) is 4.57 Å². The van der Waals surface area contributed by atoms with Crippen LogP contribution in [0.4, 0.5) is 11.6 Å². The number of benzene rings is 1. The van der Waals surface area contributed by atoms with Crippen molar-refractivity contribution in [3.05, 3.63) is 34.9 Å². The first-order valence-corrected chi connectivity index (χ1v) is 9.42. The summed E-state index contributed by atoms with van der Waals surface area (Å²) in [4.78, 5) is 13.4. The van der Waals surface area contributed by atoms with E-state index in [1.54, 1.807) is 4.57 Å². The van der Waals surface area contributed by atoms with E-state index in [1.807, 2.05) is 39.8 Å². The minimum Gasteiger partial charge on any atom is -0.354 e. The number of fused-ring (bicyclic) bond motifs is 1. The number of nitrogens with zero attached hydrogens (tertiary/aromatic N) is 4. The zero-order chi connectivity index (χ0) is 18.0. The lowest BCUT2D eigenvalue weighted by Crippen LogP contribution is -2.48. The Morgan fingerprint density at radius 3 is 2.84 bits per heavy atom. The van der Waals surface area contributed by atoms with Crippen molar-refractivity contribution in [3.63, 3.8) is 0 Å². The zero-order valence-electron chi connectivity index (χ0n) is 15.0. The highest BCUT2D eigenvalue weighted by atomic mass is 32.2.